The first-order valence-electron chi connectivity index (χ1n) is 11.3. The van der Waals surface area contributed by atoms with Gasteiger partial charge in [0.2, 0.25) is 6.54 Å². The summed E-state index contributed by atoms with van der Waals surface area (Å²) >= 11 is 7.24. The Kier molecular flexibility index (Phi) is 8.45. The molecule has 4 rings (SSSR count). The number of hydrogen-bond acceptors (Lipinski definition) is 7. The fourth-order valence-corrected chi connectivity index (χ4v) is 4.87. The van der Waals surface area contributed by atoms with E-state index in [1.165, 1.54) is 11.8 Å². The first-order chi connectivity index (χ1) is 17.4. The lowest BCUT2D eigenvalue weighted by atomic mass is 10.1. The van der Waals surface area contributed by atoms with Crippen LogP contribution >= 0.6 is 23.4 Å². The van der Waals surface area contributed by atoms with E-state index >= 15 is 0 Å². The van der Waals surface area contributed by atoms with Crippen LogP contribution in [0.25, 0.3) is 5.69 Å². The Labute approximate surface area is 218 Å². The Morgan fingerprint density at radius 3 is 2.25 bits per heavy atom. The summed E-state index contributed by atoms with van der Waals surface area (Å²) in [6.07, 6.45) is 0. The number of thioether (sulfide) groups is 1. The lowest BCUT2D eigenvalue weighted by molar-refractivity contribution is -0.479. The molecule has 186 valence electrons. The number of nitrogens with zero attached hydrogens (tertiary/aromatic N) is 4. The van der Waals surface area contributed by atoms with Gasteiger partial charge in [-0.2, -0.15) is 0 Å². The fraction of sp³-hybridized carbons (Fsp3) is 0.231. The zero-order chi connectivity index (χ0) is 25.5. The van der Waals surface area contributed by atoms with Gasteiger partial charge in [0.25, 0.3) is 0 Å². The molecule has 0 unspecified atom stereocenters. The van der Waals surface area contributed by atoms with Gasteiger partial charge in [0.1, 0.15) is 29.2 Å². The molecule has 1 aromatic heterocycles. The summed E-state index contributed by atoms with van der Waals surface area (Å²) in [5.74, 6) is 2.13. The molecule has 0 aliphatic carbocycles. The second kappa shape index (κ2) is 11.9. The van der Waals surface area contributed by atoms with Crippen LogP contribution in [0.4, 0.5) is 0 Å². The van der Waals surface area contributed by atoms with Crippen molar-refractivity contribution in [2.75, 3.05) is 13.2 Å². The number of ether oxygens (including phenoxy) is 2. The van der Waals surface area contributed by atoms with Crippen LogP contribution in [0.1, 0.15) is 29.1 Å². The molecular formula is C26H25ClN4O4S. The average Bonchev–Trinajstić information content (AvgIpc) is 3.24. The van der Waals surface area contributed by atoms with Crippen molar-refractivity contribution in [2.24, 2.45) is 0 Å². The zero-order valence-corrected chi connectivity index (χ0v) is 21.4. The Morgan fingerprint density at radius 1 is 0.972 bits per heavy atom. The molecule has 0 amide bonds. The summed E-state index contributed by atoms with van der Waals surface area (Å²) in [6, 6.07) is 22.4. The topological polar surface area (TPSA) is 92.3 Å². The number of hydrogen-bond donors (Lipinski definition) is 0. The number of nitro groups is 1. The van der Waals surface area contributed by atoms with Gasteiger partial charge in [-0.05, 0) is 73.5 Å². The average molecular weight is 525 g/mol. The van der Waals surface area contributed by atoms with Crippen molar-refractivity contribution in [3.05, 3.63) is 105 Å². The lowest BCUT2D eigenvalue weighted by Gasteiger charge is -2.15. The normalized spacial score (nSPS) is 11.8. The highest BCUT2D eigenvalue weighted by atomic mass is 35.5. The predicted molar refractivity (Wildman–Crippen MR) is 140 cm³/mol. The maximum atomic E-state index is 11.5. The third-order valence-electron chi connectivity index (χ3n) is 5.33. The number of aryl methyl sites for hydroxylation is 1. The molecule has 36 heavy (non-hydrogen) atoms. The summed E-state index contributed by atoms with van der Waals surface area (Å²) < 4.78 is 13.3. The Hall–Kier alpha value is -3.56. The smallest absolute Gasteiger partial charge is 0.220 e. The highest BCUT2D eigenvalue weighted by Crippen LogP contribution is 2.36. The molecule has 0 N–H and O–H groups in total. The van der Waals surface area contributed by atoms with E-state index in [2.05, 4.69) is 10.2 Å². The summed E-state index contributed by atoms with van der Waals surface area (Å²) in [4.78, 5) is 11.2. The maximum absolute atomic E-state index is 11.5. The van der Waals surface area contributed by atoms with Crippen LogP contribution in [0.5, 0.6) is 11.5 Å². The predicted octanol–water partition coefficient (Wildman–Crippen LogP) is 6.32. The van der Waals surface area contributed by atoms with Crippen molar-refractivity contribution in [1.29, 1.82) is 0 Å². The molecule has 0 aliphatic heterocycles. The summed E-state index contributed by atoms with van der Waals surface area (Å²) in [5.41, 5.74) is 2.65. The number of halogens is 1. The van der Waals surface area contributed by atoms with Gasteiger partial charge >= 0.3 is 0 Å². The van der Waals surface area contributed by atoms with Gasteiger partial charge in [-0.15, -0.1) is 10.2 Å². The molecule has 0 bridgehead atoms. The molecule has 3 aromatic carbocycles. The number of aromatic nitrogens is 3. The minimum absolute atomic E-state index is 0.259. The SMILES string of the molecule is CCOc1ccc(-n2c(C)nnc2S[C@@H](C[N+](=O)[O-])c2ccc(OCc3ccc(Cl)cc3)cc2)cc1. The molecule has 0 saturated carbocycles. The molecule has 0 aliphatic rings. The number of rotatable bonds is 11. The van der Waals surface area contributed by atoms with Crippen LogP contribution in [0.15, 0.2) is 78.0 Å². The van der Waals surface area contributed by atoms with Gasteiger partial charge in [-0.3, -0.25) is 14.7 Å². The molecule has 1 atom stereocenters. The lowest BCUT2D eigenvalue weighted by Crippen LogP contribution is -2.11. The highest BCUT2D eigenvalue weighted by molar-refractivity contribution is 7.99. The van der Waals surface area contributed by atoms with Crippen LogP contribution in [0, 0.1) is 17.0 Å². The summed E-state index contributed by atoms with van der Waals surface area (Å²) in [6.45, 7) is 4.50. The Morgan fingerprint density at radius 2 is 1.61 bits per heavy atom. The first-order valence-corrected chi connectivity index (χ1v) is 12.6. The van der Waals surface area contributed by atoms with E-state index < -0.39 is 5.25 Å². The van der Waals surface area contributed by atoms with Crippen LogP contribution in [-0.2, 0) is 6.61 Å². The van der Waals surface area contributed by atoms with E-state index in [1.54, 1.807) is 0 Å². The van der Waals surface area contributed by atoms with E-state index in [0.29, 0.717) is 35.0 Å². The monoisotopic (exact) mass is 524 g/mol. The highest BCUT2D eigenvalue weighted by Gasteiger charge is 2.24. The van der Waals surface area contributed by atoms with Crippen molar-refractivity contribution in [2.45, 2.75) is 30.9 Å². The largest absolute Gasteiger partial charge is 0.494 e. The quantitative estimate of drug-likeness (QED) is 0.129. The van der Waals surface area contributed by atoms with Gasteiger partial charge in [0.05, 0.1) is 6.61 Å². The van der Waals surface area contributed by atoms with Gasteiger partial charge in [-0.25, -0.2) is 0 Å². The van der Waals surface area contributed by atoms with Gasteiger partial charge in [0, 0.05) is 15.6 Å². The van der Waals surface area contributed by atoms with Crippen molar-refractivity contribution >= 4 is 23.4 Å². The van der Waals surface area contributed by atoms with E-state index in [9.17, 15) is 10.1 Å². The molecule has 0 radical (unpaired) electrons. The van der Waals surface area contributed by atoms with Crippen molar-refractivity contribution in [1.82, 2.24) is 14.8 Å². The minimum atomic E-state index is -0.463. The summed E-state index contributed by atoms with van der Waals surface area (Å²) in [7, 11) is 0. The Balaban J connectivity index is 1.51. The summed E-state index contributed by atoms with van der Waals surface area (Å²) in [5, 5.41) is 20.8. The fourth-order valence-electron chi connectivity index (χ4n) is 3.57. The molecule has 4 aromatic rings. The van der Waals surface area contributed by atoms with E-state index in [1.807, 2.05) is 91.2 Å². The van der Waals surface area contributed by atoms with Crippen molar-refractivity contribution in [3.8, 4) is 17.2 Å². The van der Waals surface area contributed by atoms with Gasteiger partial charge < -0.3 is 9.47 Å². The van der Waals surface area contributed by atoms with Gasteiger partial charge in [-0.1, -0.05) is 47.6 Å². The molecule has 8 nitrogen and oxygen atoms in total. The zero-order valence-electron chi connectivity index (χ0n) is 19.8. The molecule has 1 heterocycles. The van der Waals surface area contributed by atoms with E-state index in [-0.39, 0.29) is 11.5 Å². The van der Waals surface area contributed by atoms with E-state index in [4.69, 9.17) is 21.1 Å². The van der Waals surface area contributed by atoms with Crippen molar-refractivity contribution in [3.63, 3.8) is 0 Å². The van der Waals surface area contributed by atoms with Crippen LogP contribution in [0.2, 0.25) is 5.02 Å². The number of benzene rings is 3. The first kappa shape index (κ1) is 25.5. The van der Waals surface area contributed by atoms with Crippen LogP contribution in [0.3, 0.4) is 0 Å². The second-order valence-electron chi connectivity index (χ2n) is 7.90. The van der Waals surface area contributed by atoms with Gasteiger partial charge in [0.15, 0.2) is 5.16 Å². The maximum Gasteiger partial charge on any atom is 0.220 e. The standard InChI is InChI=1S/C26H25ClN4O4S/c1-3-34-23-14-10-22(11-15-23)31-18(2)28-29-26(31)36-25(16-30(32)33)20-6-12-24(13-7-20)35-17-19-4-8-21(27)9-5-19/h4-15,25H,3,16-17H2,1-2H3/t25-/m0/s1. The van der Waals surface area contributed by atoms with Crippen molar-refractivity contribution < 1.29 is 14.4 Å². The molecule has 0 fully saturated rings. The van der Waals surface area contributed by atoms with Crippen LogP contribution < -0.4 is 9.47 Å². The molecular weight excluding hydrogens is 500 g/mol. The third-order valence-corrected chi connectivity index (χ3v) is 6.77. The molecule has 10 heteroatoms. The van der Waals surface area contributed by atoms with E-state index in [0.717, 1.165) is 22.6 Å². The second-order valence-corrected chi connectivity index (χ2v) is 9.50. The third kappa shape index (κ3) is 6.56. The molecule has 0 saturated heterocycles. The molecule has 0 spiro atoms. The Bertz CT molecular complexity index is 1300. The van der Waals surface area contributed by atoms with Crippen LogP contribution in [-0.4, -0.2) is 32.8 Å². The minimum Gasteiger partial charge on any atom is -0.494 e.